The van der Waals surface area contributed by atoms with Crippen LogP contribution in [0.15, 0.2) is 50.1 Å². The van der Waals surface area contributed by atoms with Crippen LogP contribution in [0, 0.1) is 13.8 Å². The molecule has 1 heterocycles. The van der Waals surface area contributed by atoms with Crippen LogP contribution in [0.3, 0.4) is 0 Å². The lowest BCUT2D eigenvalue weighted by Crippen LogP contribution is -2.00. The summed E-state index contributed by atoms with van der Waals surface area (Å²) in [5.74, 6) is 0.758. The van der Waals surface area contributed by atoms with Gasteiger partial charge in [-0.2, -0.15) is 0 Å². The van der Waals surface area contributed by atoms with E-state index in [1.807, 2.05) is 32.0 Å². The zero-order chi connectivity index (χ0) is 15.1. The molecule has 0 bridgehead atoms. The minimum atomic E-state index is -0.0871. The Balaban J connectivity index is 2.31. The van der Waals surface area contributed by atoms with Crippen LogP contribution >= 0.6 is 15.9 Å². The zero-order valence-electron chi connectivity index (χ0n) is 11.6. The van der Waals surface area contributed by atoms with Gasteiger partial charge in [0.2, 0.25) is 0 Å². The minimum absolute atomic E-state index is 0.0871. The lowest BCUT2D eigenvalue weighted by Gasteiger charge is -2.08. The van der Waals surface area contributed by atoms with Crippen molar-refractivity contribution in [3.63, 3.8) is 0 Å². The molecule has 0 radical (unpaired) electrons. The van der Waals surface area contributed by atoms with Gasteiger partial charge in [-0.3, -0.25) is 4.79 Å². The summed E-state index contributed by atoms with van der Waals surface area (Å²) >= 11 is 3.41. The SMILES string of the molecule is Cc1cc(-c2cc(=O)c3cccc(Br)c3o2)cc(C)c1O. The van der Waals surface area contributed by atoms with Gasteiger partial charge in [0.05, 0.1) is 9.86 Å². The van der Waals surface area contributed by atoms with Crippen molar-refractivity contribution in [1.82, 2.24) is 0 Å². The molecule has 0 atom stereocenters. The maximum atomic E-state index is 12.2. The van der Waals surface area contributed by atoms with Gasteiger partial charge >= 0.3 is 0 Å². The van der Waals surface area contributed by atoms with Gasteiger partial charge < -0.3 is 9.52 Å². The lowest BCUT2D eigenvalue weighted by molar-refractivity contribution is 0.467. The maximum Gasteiger partial charge on any atom is 0.193 e. The van der Waals surface area contributed by atoms with Crippen molar-refractivity contribution in [3.8, 4) is 17.1 Å². The molecule has 0 fully saturated rings. The van der Waals surface area contributed by atoms with Crippen LogP contribution < -0.4 is 5.43 Å². The van der Waals surface area contributed by atoms with Crippen LogP contribution in [0.1, 0.15) is 11.1 Å². The van der Waals surface area contributed by atoms with Gasteiger partial charge in [-0.1, -0.05) is 6.07 Å². The van der Waals surface area contributed by atoms with Gasteiger partial charge in [-0.25, -0.2) is 0 Å². The number of phenolic OH excluding ortho intramolecular Hbond substituents is 1. The molecule has 0 aliphatic heterocycles. The molecule has 106 valence electrons. The minimum Gasteiger partial charge on any atom is -0.507 e. The van der Waals surface area contributed by atoms with Gasteiger partial charge in [0.25, 0.3) is 0 Å². The van der Waals surface area contributed by atoms with E-state index in [2.05, 4.69) is 15.9 Å². The van der Waals surface area contributed by atoms with Gasteiger partial charge in [-0.05, 0) is 65.2 Å². The first-order valence-electron chi connectivity index (χ1n) is 6.50. The molecular weight excluding hydrogens is 332 g/mol. The number of benzene rings is 2. The second-order valence-corrected chi connectivity index (χ2v) is 5.90. The summed E-state index contributed by atoms with van der Waals surface area (Å²) in [7, 11) is 0. The Bertz CT molecular complexity index is 887. The predicted molar refractivity (Wildman–Crippen MR) is 86.8 cm³/mol. The number of hydrogen-bond donors (Lipinski definition) is 1. The van der Waals surface area contributed by atoms with Crippen molar-refractivity contribution >= 4 is 26.9 Å². The van der Waals surface area contributed by atoms with Crippen LogP contribution in [0.4, 0.5) is 0 Å². The molecule has 0 amide bonds. The fourth-order valence-electron chi connectivity index (χ4n) is 2.38. The molecule has 2 aromatic carbocycles. The largest absolute Gasteiger partial charge is 0.507 e. The average molecular weight is 345 g/mol. The maximum absolute atomic E-state index is 12.2. The Morgan fingerprint density at radius 1 is 1.10 bits per heavy atom. The number of rotatable bonds is 1. The molecule has 4 heteroatoms. The van der Waals surface area contributed by atoms with E-state index in [4.69, 9.17) is 4.42 Å². The standard InChI is InChI=1S/C17H13BrO3/c1-9-6-11(7-10(2)16(9)20)15-8-14(19)12-4-3-5-13(18)17(12)21-15/h3-8,20H,1-2H3. The normalized spacial score (nSPS) is 11.0. The number of fused-ring (bicyclic) bond motifs is 1. The highest BCUT2D eigenvalue weighted by Crippen LogP contribution is 2.31. The molecule has 0 saturated heterocycles. The summed E-state index contributed by atoms with van der Waals surface area (Å²) < 4.78 is 6.62. The number of phenols is 1. The van der Waals surface area contributed by atoms with E-state index in [1.165, 1.54) is 6.07 Å². The molecule has 0 saturated carbocycles. The lowest BCUT2D eigenvalue weighted by atomic mass is 10.0. The van der Waals surface area contributed by atoms with E-state index < -0.39 is 0 Å². The van der Waals surface area contributed by atoms with E-state index in [1.54, 1.807) is 12.1 Å². The molecule has 1 N–H and O–H groups in total. The van der Waals surface area contributed by atoms with E-state index in [0.717, 1.165) is 21.2 Å². The molecule has 0 unspecified atom stereocenters. The summed E-state index contributed by atoms with van der Waals surface area (Å²) in [6.45, 7) is 3.64. The van der Waals surface area contributed by atoms with E-state index in [-0.39, 0.29) is 11.2 Å². The molecule has 1 aromatic heterocycles. The average Bonchev–Trinajstić information content (AvgIpc) is 2.45. The molecule has 0 aliphatic carbocycles. The Hall–Kier alpha value is -2.07. The van der Waals surface area contributed by atoms with Crippen LogP contribution in [0.25, 0.3) is 22.3 Å². The van der Waals surface area contributed by atoms with E-state index in [0.29, 0.717) is 16.7 Å². The Labute approximate surface area is 130 Å². The van der Waals surface area contributed by atoms with Crippen molar-refractivity contribution in [3.05, 3.63) is 62.2 Å². The number of hydrogen-bond acceptors (Lipinski definition) is 3. The molecule has 3 rings (SSSR count). The van der Waals surface area contributed by atoms with Gasteiger partial charge in [0, 0.05) is 11.6 Å². The van der Waals surface area contributed by atoms with E-state index in [9.17, 15) is 9.90 Å². The van der Waals surface area contributed by atoms with Gasteiger partial charge in [-0.15, -0.1) is 0 Å². The summed E-state index contributed by atoms with van der Waals surface area (Å²) in [6.07, 6.45) is 0. The first kappa shape index (κ1) is 13.9. The summed E-state index contributed by atoms with van der Waals surface area (Å²) in [6, 6.07) is 10.5. The highest BCUT2D eigenvalue weighted by Gasteiger charge is 2.11. The van der Waals surface area contributed by atoms with Crippen molar-refractivity contribution < 1.29 is 9.52 Å². The third-order valence-electron chi connectivity index (χ3n) is 3.48. The number of para-hydroxylation sites is 1. The first-order valence-corrected chi connectivity index (χ1v) is 7.29. The predicted octanol–water partition coefficient (Wildman–Crippen LogP) is 4.54. The fourth-order valence-corrected chi connectivity index (χ4v) is 2.83. The number of aromatic hydroxyl groups is 1. The Morgan fingerprint density at radius 2 is 1.76 bits per heavy atom. The molecule has 3 aromatic rings. The zero-order valence-corrected chi connectivity index (χ0v) is 13.2. The van der Waals surface area contributed by atoms with Gasteiger partial charge in [0.15, 0.2) is 11.0 Å². The number of aryl methyl sites for hydroxylation is 2. The van der Waals surface area contributed by atoms with Crippen LogP contribution in [0.5, 0.6) is 5.75 Å². The molecule has 3 nitrogen and oxygen atoms in total. The fraction of sp³-hybridized carbons (Fsp3) is 0.118. The summed E-state index contributed by atoms with van der Waals surface area (Å²) in [5, 5.41) is 10.4. The second kappa shape index (κ2) is 5.04. The molecule has 0 spiro atoms. The summed E-state index contributed by atoms with van der Waals surface area (Å²) in [5.41, 5.74) is 2.72. The van der Waals surface area contributed by atoms with E-state index >= 15 is 0 Å². The van der Waals surface area contributed by atoms with Crippen molar-refractivity contribution in [2.75, 3.05) is 0 Å². The Kier molecular flexibility index (Phi) is 3.33. The topological polar surface area (TPSA) is 50.4 Å². The van der Waals surface area contributed by atoms with Crippen LogP contribution in [0.2, 0.25) is 0 Å². The van der Waals surface area contributed by atoms with Crippen molar-refractivity contribution in [1.29, 1.82) is 0 Å². The quantitative estimate of drug-likeness (QED) is 0.704. The third kappa shape index (κ3) is 2.36. The smallest absolute Gasteiger partial charge is 0.193 e. The number of halogens is 1. The van der Waals surface area contributed by atoms with Crippen molar-refractivity contribution in [2.45, 2.75) is 13.8 Å². The second-order valence-electron chi connectivity index (χ2n) is 5.05. The third-order valence-corrected chi connectivity index (χ3v) is 4.11. The molecule has 21 heavy (non-hydrogen) atoms. The van der Waals surface area contributed by atoms with Crippen LogP contribution in [-0.4, -0.2) is 5.11 Å². The van der Waals surface area contributed by atoms with Gasteiger partial charge in [0.1, 0.15) is 11.5 Å². The molecule has 0 aliphatic rings. The van der Waals surface area contributed by atoms with Crippen molar-refractivity contribution in [2.24, 2.45) is 0 Å². The molecular formula is C17H13BrO3. The first-order chi connectivity index (χ1) is 9.97. The highest BCUT2D eigenvalue weighted by molar-refractivity contribution is 9.10. The van der Waals surface area contributed by atoms with Crippen LogP contribution in [-0.2, 0) is 0 Å². The Morgan fingerprint density at radius 3 is 2.43 bits per heavy atom. The monoisotopic (exact) mass is 344 g/mol. The highest BCUT2D eigenvalue weighted by atomic mass is 79.9. The summed E-state index contributed by atoms with van der Waals surface area (Å²) in [4.78, 5) is 12.2.